The van der Waals surface area contributed by atoms with Gasteiger partial charge in [0.05, 0.1) is 17.7 Å². The molecule has 300 valence electrons. The molecule has 0 bridgehead atoms. The Balaban J connectivity index is 1.76. The number of ether oxygens (including phenoxy) is 5. The van der Waals surface area contributed by atoms with Crippen molar-refractivity contribution in [2.45, 2.75) is 135 Å². The van der Waals surface area contributed by atoms with Crippen LogP contribution in [0.4, 0.5) is 4.79 Å². The van der Waals surface area contributed by atoms with Crippen molar-refractivity contribution in [2.24, 2.45) is 28.7 Å². The van der Waals surface area contributed by atoms with E-state index in [1.807, 2.05) is 56.3 Å². The SMILES string of the molecule is CC[C@H]1OC(=O)[C@H](C)C(=O)[C@H](C)[C@@H](O[C@@H]2O[C@H](C)C[C@H](N(C)C)[C@H]2O)[C@](C)(OC(=O)NCCCc2ccccc2)C[C@@H](C)C(=O)[C@H](C)C2=NC(=S)O[C@@]21C. The van der Waals surface area contributed by atoms with Gasteiger partial charge in [0, 0.05) is 24.4 Å². The van der Waals surface area contributed by atoms with Crippen molar-refractivity contribution >= 4 is 46.7 Å². The molecule has 0 saturated carbocycles. The summed E-state index contributed by atoms with van der Waals surface area (Å²) in [6.45, 7) is 13.7. The van der Waals surface area contributed by atoms with Crippen molar-refractivity contribution in [3.8, 4) is 0 Å². The van der Waals surface area contributed by atoms with Crippen LogP contribution in [0.3, 0.4) is 0 Å². The van der Waals surface area contributed by atoms with Gasteiger partial charge in [-0.05, 0) is 91.7 Å². The maximum absolute atomic E-state index is 14.4. The number of amides is 1. The molecule has 1 aromatic carbocycles. The van der Waals surface area contributed by atoms with Crippen molar-refractivity contribution in [3.05, 3.63) is 35.9 Å². The van der Waals surface area contributed by atoms with Crippen LogP contribution in [0.25, 0.3) is 0 Å². The van der Waals surface area contributed by atoms with Gasteiger partial charge in [-0.3, -0.25) is 14.4 Å². The number of thiocarbonyl (C=S) groups is 1. The first kappa shape index (κ1) is 43.4. The number of nitrogens with zero attached hydrogens (tertiary/aromatic N) is 2. The Kier molecular flexibility index (Phi) is 14.6. The van der Waals surface area contributed by atoms with Crippen molar-refractivity contribution < 1.29 is 48.0 Å². The molecule has 54 heavy (non-hydrogen) atoms. The summed E-state index contributed by atoms with van der Waals surface area (Å²) < 4.78 is 31.0. The number of nitrogens with one attached hydrogen (secondary N) is 1. The van der Waals surface area contributed by atoms with E-state index in [4.69, 9.17) is 35.9 Å². The molecular formula is C40H59N3O10S. The topological polar surface area (TPSA) is 162 Å². The van der Waals surface area contributed by atoms with E-state index >= 15 is 0 Å². The van der Waals surface area contributed by atoms with Crippen LogP contribution in [-0.2, 0) is 44.5 Å². The summed E-state index contributed by atoms with van der Waals surface area (Å²) in [7, 11) is 3.68. The van der Waals surface area contributed by atoms with Gasteiger partial charge in [0.25, 0.3) is 5.17 Å². The van der Waals surface area contributed by atoms with Gasteiger partial charge in [0.1, 0.15) is 35.6 Å². The zero-order valence-electron chi connectivity index (χ0n) is 33.3. The third-order valence-electron chi connectivity index (χ3n) is 11.2. The number of hydrogen-bond acceptors (Lipinski definition) is 12. The van der Waals surface area contributed by atoms with Gasteiger partial charge >= 0.3 is 12.1 Å². The lowest BCUT2D eigenvalue weighted by Crippen LogP contribution is -2.60. The Morgan fingerprint density at radius 3 is 2.35 bits per heavy atom. The van der Waals surface area contributed by atoms with Crippen molar-refractivity contribution in [1.29, 1.82) is 0 Å². The van der Waals surface area contributed by atoms with E-state index in [9.17, 15) is 24.3 Å². The molecule has 0 spiro atoms. The van der Waals surface area contributed by atoms with E-state index in [2.05, 4.69) is 10.3 Å². The summed E-state index contributed by atoms with van der Waals surface area (Å²) in [5.74, 6) is -5.62. The lowest BCUT2D eigenvalue weighted by atomic mass is 9.74. The van der Waals surface area contributed by atoms with Crippen LogP contribution in [0.2, 0.25) is 0 Å². The largest absolute Gasteiger partial charge is 0.457 e. The quantitative estimate of drug-likeness (QED) is 0.152. The second kappa shape index (κ2) is 18.1. The third-order valence-corrected chi connectivity index (χ3v) is 11.4. The first-order valence-electron chi connectivity index (χ1n) is 19.1. The Hall–Kier alpha value is -3.30. The number of fused-ring (bicyclic) bond motifs is 1. The van der Waals surface area contributed by atoms with E-state index < -0.39 is 77.3 Å². The number of aryl methyl sites for hydroxylation is 1. The van der Waals surface area contributed by atoms with E-state index in [0.29, 0.717) is 25.1 Å². The lowest BCUT2D eigenvalue weighted by molar-refractivity contribution is -0.292. The summed E-state index contributed by atoms with van der Waals surface area (Å²) in [6.07, 6.45) is -3.60. The maximum Gasteiger partial charge on any atom is 0.407 e. The molecule has 3 heterocycles. The fourth-order valence-corrected chi connectivity index (χ4v) is 8.43. The molecule has 2 fully saturated rings. The Bertz CT molecular complexity index is 1560. The van der Waals surface area contributed by atoms with Crippen LogP contribution >= 0.6 is 12.2 Å². The molecule has 14 heteroatoms. The van der Waals surface area contributed by atoms with Crippen LogP contribution in [0.1, 0.15) is 86.6 Å². The molecule has 0 unspecified atom stereocenters. The molecule has 0 radical (unpaired) electrons. The number of likely N-dealkylation sites (N-methyl/N-ethyl adjacent to an activating group) is 1. The Morgan fingerprint density at radius 2 is 1.72 bits per heavy atom. The highest BCUT2D eigenvalue weighted by Crippen LogP contribution is 2.40. The van der Waals surface area contributed by atoms with Gasteiger partial charge in [0.15, 0.2) is 17.7 Å². The minimum atomic E-state index is -1.67. The number of Topliss-reactive ketones (excluding diaryl/α,β-unsaturated/α-hetero) is 2. The van der Waals surface area contributed by atoms with Gasteiger partial charge in [0.2, 0.25) is 0 Å². The number of aliphatic hydroxyl groups is 1. The molecular weight excluding hydrogens is 715 g/mol. The number of benzene rings is 1. The third kappa shape index (κ3) is 9.73. The molecule has 3 aliphatic heterocycles. The Labute approximate surface area is 324 Å². The molecule has 1 amide bonds. The summed E-state index contributed by atoms with van der Waals surface area (Å²) in [4.78, 5) is 62.5. The van der Waals surface area contributed by atoms with Gasteiger partial charge < -0.3 is 39.0 Å². The summed E-state index contributed by atoms with van der Waals surface area (Å²) in [5, 5.41) is 14.3. The van der Waals surface area contributed by atoms with Gasteiger partial charge in [-0.1, -0.05) is 58.0 Å². The lowest BCUT2D eigenvalue weighted by Gasteiger charge is -2.46. The second-order valence-electron chi connectivity index (χ2n) is 15.8. The minimum absolute atomic E-state index is 0.0850. The smallest absolute Gasteiger partial charge is 0.407 e. The zero-order valence-corrected chi connectivity index (χ0v) is 34.1. The number of esters is 1. The van der Waals surface area contributed by atoms with Crippen LogP contribution in [0.15, 0.2) is 35.3 Å². The predicted octanol–water partition coefficient (Wildman–Crippen LogP) is 4.84. The van der Waals surface area contributed by atoms with Crippen LogP contribution < -0.4 is 5.32 Å². The molecule has 1 aromatic rings. The number of aliphatic hydroxyl groups excluding tert-OH is 1. The number of carbonyl (C=O) groups excluding carboxylic acids is 4. The summed E-state index contributed by atoms with van der Waals surface area (Å²) in [6, 6.07) is 9.52. The van der Waals surface area contributed by atoms with Crippen LogP contribution in [0, 0.1) is 23.7 Å². The van der Waals surface area contributed by atoms with Gasteiger partial charge in [-0.15, -0.1) is 0 Å². The molecule has 4 rings (SSSR count). The number of carbonyl (C=O) groups is 4. The number of cyclic esters (lactones) is 1. The average molecular weight is 774 g/mol. The summed E-state index contributed by atoms with van der Waals surface area (Å²) >= 11 is 5.33. The molecule has 3 aliphatic rings. The zero-order chi connectivity index (χ0) is 40.1. The van der Waals surface area contributed by atoms with E-state index in [1.165, 1.54) is 6.92 Å². The number of aliphatic imine (C=N–C) groups is 1. The monoisotopic (exact) mass is 773 g/mol. The van der Waals surface area contributed by atoms with Gasteiger partial charge in [-0.2, -0.15) is 0 Å². The first-order chi connectivity index (χ1) is 25.3. The second-order valence-corrected chi connectivity index (χ2v) is 16.1. The van der Waals surface area contributed by atoms with E-state index in [-0.39, 0.29) is 35.9 Å². The van der Waals surface area contributed by atoms with Crippen LogP contribution in [-0.4, -0.2) is 113 Å². The molecule has 2 saturated heterocycles. The van der Waals surface area contributed by atoms with Crippen molar-refractivity contribution in [3.63, 3.8) is 0 Å². The van der Waals surface area contributed by atoms with E-state index in [1.54, 1.807) is 41.5 Å². The standard InChI is InChI=1S/C40H59N3O10S/c1-11-29-40(8)33(42-38(54)53-40)24(4)30(44)22(2)21-39(7,52-37(48)41-19-15-18-27-16-13-12-14-17-27)34(25(5)31(45)26(6)35(47)50-29)51-36-32(46)28(43(9)10)20-23(3)49-36/h12-14,16-17,22-26,28-29,32,34,36,46H,11,15,18-21H2,1-10H3,(H,41,48)/t22-,23-,24+,25+,26-,28+,29-,32-,34-,36+,39-,40-/m1/s1. The highest BCUT2D eigenvalue weighted by Gasteiger charge is 2.55. The molecule has 12 atom stereocenters. The average Bonchev–Trinajstić information content (AvgIpc) is 3.44. The Morgan fingerprint density at radius 1 is 1.06 bits per heavy atom. The maximum atomic E-state index is 14.4. The fraction of sp³-hybridized carbons (Fsp3) is 0.700. The number of alkyl carbamates (subject to hydrolysis) is 1. The predicted molar refractivity (Wildman–Crippen MR) is 206 cm³/mol. The minimum Gasteiger partial charge on any atom is -0.457 e. The fourth-order valence-electron chi connectivity index (χ4n) is 8.16. The van der Waals surface area contributed by atoms with Crippen LogP contribution in [0.5, 0.6) is 0 Å². The normalized spacial score (nSPS) is 36.8. The van der Waals surface area contributed by atoms with Gasteiger partial charge in [-0.25, -0.2) is 9.79 Å². The molecule has 0 aromatic heterocycles. The van der Waals surface area contributed by atoms with E-state index in [0.717, 1.165) is 12.0 Å². The first-order valence-corrected chi connectivity index (χ1v) is 19.5. The van der Waals surface area contributed by atoms with Crippen molar-refractivity contribution in [1.82, 2.24) is 10.2 Å². The highest BCUT2D eigenvalue weighted by atomic mass is 32.1. The molecule has 13 nitrogen and oxygen atoms in total. The summed E-state index contributed by atoms with van der Waals surface area (Å²) in [5.41, 5.74) is -1.59. The number of ketones is 2. The highest BCUT2D eigenvalue weighted by molar-refractivity contribution is 7.80. The molecule has 0 aliphatic carbocycles. The number of rotatable bonds is 9. The molecule has 2 N–H and O–H groups in total. The number of hydrogen-bond donors (Lipinski definition) is 2. The van der Waals surface area contributed by atoms with Crippen molar-refractivity contribution in [2.75, 3.05) is 20.6 Å².